The van der Waals surface area contributed by atoms with Gasteiger partial charge in [-0.05, 0) is 23.3 Å². The molecule has 0 aromatic heterocycles. The second-order valence-electron chi connectivity index (χ2n) is 8.32. The topological polar surface area (TPSA) is 124 Å². The molecule has 2 atom stereocenters. The summed E-state index contributed by atoms with van der Waals surface area (Å²) in [5.74, 6) is -0.756. The first kappa shape index (κ1) is 25.9. The van der Waals surface area contributed by atoms with E-state index in [1.165, 1.54) is 0 Å². The van der Waals surface area contributed by atoms with E-state index in [9.17, 15) is 30.0 Å². The summed E-state index contributed by atoms with van der Waals surface area (Å²) in [4.78, 5) is 25.9. The van der Waals surface area contributed by atoms with Gasteiger partial charge in [-0.15, -0.1) is 0 Å². The largest absolute Gasteiger partial charge is 0.456 e. The maximum absolute atomic E-state index is 13.0. The van der Waals surface area contributed by atoms with Gasteiger partial charge >= 0.3 is 0 Å². The molecule has 0 aliphatic rings. The summed E-state index contributed by atoms with van der Waals surface area (Å²) in [5.41, 5.74) is 2.44. The number of aliphatic hydroxyl groups excluding tert-OH is 4. The summed E-state index contributed by atoms with van der Waals surface area (Å²) in [6.07, 6.45) is -3.20. The highest BCUT2D eigenvalue weighted by Crippen LogP contribution is 2.41. The van der Waals surface area contributed by atoms with Crippen molar-refractivity contribution in [3.63, 3.8) is 0 Å². The molecule has 0 amide bonds. The van der Waals surface area contributed by atoms with Crippen molar-refractivity contribution < 1.29 is 34.8 Å². The molecule has 0 fully saturated rings. The van der Waals surface area contributed by atoms with Crippen molar-refractivity contribution in [3.8, 4) is 33.8 Å². The van der Waals surface area contributed by atoms with Crippen LogP contribution in [-0.4, -0.2) is 57.4 Å². The molecule has 4 aromatic carbocycles. The van der Waals surface area contributed by atoms with Gasteiger partial charge in [-0.25, -0.2) is 0 Å². The molecule has 0 heterocycles. The van der Waals surface area contributed by atoms with Crippen molar-refractivity contribution in [2.24, 2.45) is 0 Å². The zero-order chi connectivity index (χ0) is 26.4. The van der Waals surface area contributed by atoms with Gasteiger partial charge in [0.15, 0.2) is 11.6 Å². The van der Waals surface area contributed by atoms with Gasteiger partial charge in [0.2, 0.25) is 0 Å². The molecule has 0 aliphatic carbocycles. The van der Waals surface area contributed by atoms with Crippen LogP contribution in [0, 0.1) is 0 Å². The Morgan fingerprint density at radius 2 is 0.946 bits per heavy atom. The van der Waals surface area contributed by atoms with E-state index in [0.29, 0.717) is 22.3 Å². The highest BCUT2D eigenvalue weighted by Gasteiger charge is 2.26. The minimum atomic E-state index is -1.60. The Hall–Kier alpha value is -4.14. The number of carbonyl (C=O) groups is 2. The first-order chi connectivity index (χ1) is 18.0. The molecular formula is C30H26O7. The molecule has 0 bridgehead atoms. The lowest BCUT2D eigenvalue weighted by molar-refractivity contribution is 0.0584. The van der Waals surface area contributed by atoms with Gasteiger partial charge in [-0.3, -0.25) is 9.59 Å². The second kappa shape index (κ2) is 11.7. The van der Waals surface area contributed by atoms with Crippen molar-refractivity contribution in [1.82, 2.24) is 0 Å². The molecule has 0 spiro atoms. The number of aliphatic hydroxyl groups is 4. The summed E-state index contributed by atoms with van der Waals surface area (Å²) in [7, 11) is 0. The highest BCUT2D eigenvalue weighted by atomic mass is 16.5. The van der Waals surface area contributed by atoms with Crippen LogP contribution in [0.1, 0.15) is 20.7 Å². The number of hydrogen-bond acceptors (Lipinski definition) is 7. The monoisotopic (exact) mass is 498 g/mol. The molecule has 7 nitrogen and oxygen atoms in total. The molecule has 0 radical (unpaired) electrons. The quantitative estimate of drug-likeness (QED) is 0.245. The van der Waals surface area contributed by atoms with Crippen LogP contribution < -0.4 is 4.74 Å². The Bertz CT molecular complexity index is 1280. The number of ketones is 2. The van der Waals surface area contributed by atoms with Crippen molar-refractivity contribution in [1.29, 1.82) is 0 Å². The van der Waals surface area contributed by atoms with Crippen LogP contribution in [0.5, 0.6) is 11.5 Å². The van der Waals surface area contributed by atoms with Gasteiger partial charge in [0, 0.05) is 22.3 Å². The van der Waals surface area contributed by atoms with E-state index in [1.54, 1.807) is 84.9 Å². The van der Waals surface area contributed by atoms with Gasteiger partial charge < -0.3 is 25.2 Å². The summed E-state index contributed by atoms with van der Waals surface area (Å²) in [6, 6.07) is 27.6. The van der Waals surface area contributed by atoms with Gasteiger partial charge in [-0.2, -0.15) is 0 Å². The fourth-order valence-corrected chi connectivity index (χ4v) is 4.09. The highest BCUT2D eigenvalue weighted by molar-refractivity contribution is 6.07. The van der Waals surface area contributed by atoms with E-state index in [-0.39, 0.29) is 22.6 Å². The fourth-order valence-electron chi connectivity index (χ4n) is 4.09. The number of hydrogen-bond donors (Lipinski definition) is 4. The molecule has 0 saturated carbocycles. The van der Waals surface area contributed by atoms with Crippen LogP contribution in [0.25, 0.3) is 22.3 Å². The number of rotatable bonds is 10. The average molecular weight is 499 g/mol. The lowest BCUT2D eigenvalue weighted by Crippen LogP contribution is -2.25. The Morgan fingerprint density at radius 1 is 0.568 bits per heavy atom. The minimum Gasteiger partial charge on any atom is -0.456 e. The molecule has 0 saturated heterocycles. The molecule has 0 aliphatic heterocycles. The van der Waals surface area contributed by atoms with Gasteiger partial charge in [0.1, 0.15) is 23.7 Å². The van der Waals surface area contributed by atoms with Crippen molar-refractivity contribution in [2.75, 3.05) is 13.2 Å². The number of carbonyl (C=O) groups excluding carboxylic acids is 2. The maximum atomic E-state index is 13.0. The number of benzene rings is 4. The van der Waals surface area contributed by atoms with Crippen molar-refractivity contribution in [3.05, 3.63) is 108 Å². The Balaban J connectivity index is 1.92. The second-order valence-corrected chi connectivity index (χ2v) is 8.32. The van der Waals surface area contributed by atoms with E-state index >= 15 is 0 Å². The van der Waals surface area contributed by atoms with Crippen LogP contribution in [0.3, 0.4) is 0 Å². The van der Waals surface area contributed by atoms with Gasteiger partial charge in [0.25, 0.3) is 0 Å². The predicted molar refractivity (Wildman–Crippen MR) is 139 cm³/mol. The standard InChI is InChI=1S/C30H26O7/c31-17-23(33)29(35)21-13-7-15-25(27(21)19-9-3-1-4-10-19)37-26-16-8-14-22(30(36)24(34)18-32)28(26)20-11-5-2-6-12-20/h1-16,23-24,31-34H,17-18H2. The SMILES string of the molecule is O=C(c1cccc(Oc2cccc(C(=O)C(O)CO)c2-c2ccccc2)c1-c1ccccc1)C(O)CO. The van der Waals surface area contributed by atoms with Crippen LogP contribution in [0.15, 0.2) is 97.1 Å². The average Bonchev–Trinajstić information content (AvgIpc) is 2.96. The number of ether oxygens (including phenoxy) is 1. The smallest absolute Gasteiger partial charge is 0.194 e. The van der Waals surface area contributed by atoms with E-state index < -0.39 is 37.0 Å². The molecule has 4 N–H and O–H groups in total. The molecule has 188 valence electrons. The van der Waals surface area contributed by atoms with Gasteiger partial charge in [0.05, 0.1) is 13.2 Å². The zero-order valence-corrected chi connectivity index (χ0v) is 19.8. The predicted octanol–water partition coefficient (Wildman–Crippen LogP) is 3.88. The fraction of sp³-hybridized carbons (Fsp3) is 0.133. The normalized spacial score (nSPS) is 12.5. The van der Waals surface area contributed by atoms with E-state index in [2.05, 4.69) is 0 Å². The lowest BCUT2D eigenvalue weighted by atomic mass is 9.93. The Morgan fingerprint density at radius 3 is 1.30 bits per heavy atom. The number of Topliss-reactive ketones (excluding diaryl/α,β-unsaturated/α-hetero) is 2. The van der Waals surface area contributed by atoms with Crippen molar-refractivity contribution in [2.45, 2.75) is 12.2 Å². The Labute approximate surface area is 213 Å². The molecule has 37 heavy (non-hydrogen) atoms. The van der Waals surface area contributed by atoms with E-state index in [1.807, 2.05) is 12.1 Å². The summed E-state index contributed by atoms with van der Waals surface area (Å²) in [6.45, 7) is -1.46. The maximum Gasteiger partial charge on any atom is 0.194 e. The third-order valence-electron chi connectivity index (χ3n) is 5.88. The molecule has 2 unspecified atom stereocenters. The molecule has 7 heteroatoms. The van der Waals surface area contributed by atoms with Crippen LogP contribution in [0.4, 0.5) is 0 Å². The van der Waals surface area contributed by atoms with Crippen molar-refractivity contribution >= 4 is 11.6 Å². The summed E-state index contributed by atoms with van der Waals surface area (Å²) in [5, 5.41) is 38.9. The van der Waals surface area contributed by atoms with Crippen LogP contribution in [-0.2, 0) is 0 Å². The third kappa shape index (κ3) is 5.50. The third-order valence-corrected chi connectivity index (χ3v) is 5.88. The zero-order valence-electron chi connectivity index (χ0n) is 19.8. The van der Waals surface area contributed by atoms with Crippen LogP contribution in [0.2, 0.25) is 0 Å². The lowest BCUT2D eigenvalue weighted by Gasteiger charge is -2.20. The molecular weight excluding hydrogens is 472 g/mol. The van der Waals surface area contributed by atoms with Crippen LogP contribution >= 0.6 is 0 Å². The summed E-state index contributed by atoms with van der Waals surface area (Å²) < 4.78 is 6.37. The first-order valence-electron chi connectivity index (χ1n) is 11.7. The minimum absolute atomic E-state index is 0.162. The van der Waals surface area contributed by atoms with Gasteiger partial charge in [-0.1, -0.05) is 84.9 Å². The first-order valence-corrected chi connectivity index (χ1v) is 11.7. The summed E-state index contributed by atoms with van der Waals surface area (Å²) >= 11 is 0. The van der Waals surface area contributed by atoms with E-state index in [0.717, 1.165) is 0 Å². The molecule has 4 rings (SSSR count). The Kier molecular flexibility index (Phi) is 8.22. The van der Waals surface area contributed by atoms with E-state index in [4.69, 9.17) is 4.74 Å². The molecule has 4 aromatic rings.